The molecule has 0 bridgehead atoms. The van der Waals surface area contributed by atoms with Gasteiger partial charge in [-0.25, -0.2) is 0 Å². The molecule has 1 saturated heterocycles. The molecular weight excluding hydrogens is 352 g/mol. The van der Waals surface area contributed by atoms with Crippen LogP contribution in [0.25, 0.3) is 0 Å². The molecule has 0 spiro atoms. The van der Waals surface area contributed by atoms with Crippen molar-refractivity contribution in [2.45, 2.75) is 142 Å². The Morgan fingerprint density at radius 1 is 0.655 bits per heavy atom. The van der Waals surface area contributed by atoms with E-state index in [-0.39, 0.29) is 0 Å². The lowest BCUT2D eigenvalue weighted by atomic mass is 9.94. The number of nitrogens with zero attached hydrogens (tertiary/aromatic N) is 2. The summed E-state index contributed by atoms with van der Waals surface area (Å²) in [6.07, 6.45) is 30.2. The van der Waals surface area contributed by atoms with Crippen LogP contribution >= 0.6 is 0 Å². The van der Waals surface area contributed by atoms with E-state index in [2.05, 4.69) is 11.8 Å². The minimum atomic E-state index is 0.782. The third kappa shape index (κ3) is 11.4. The summed E-state index contributed by atoms with van der Waals surface area (Å²) in [4.78, 5) is 7.55. The molecular formula is C27H52N2. The summed E-state index contributed by atoms with van der Waals surface area (Å²) in [6.45, 7) is 5.93. The van der Waals surface area contributed by atoms with Gasteiger partial charge < -0.3 is 4.90 Å². The Labute approximate surface area is 183 Å². The molecule has 2 heteroatoms. The fourth-order valence-corrected chi connectivity index (χ4v) is 5.32. The lowest BCUT2D eigenvalue weighted by molar-refractivity contribution is 0.378. The zero-order valence-electron chi connectivity index (χ0n) is 19.9. The third-order valence-electron chi connectivity index (χ3n) is 7.19. The maximum Gasteiger partial charge on any atom is 0.102 e. The van der Waals surface area contributed by atoms with E-state index in [1.807, 2.05) is 0 Å². The van der Waals surface area contributed by atoms with Crippen LogP contribution in [0.5, 0.6) is 0 Å². The second-order valence-corrected chi connectivity index (χ2v) is 9.87. The first-order chi connectivity index (χ1) is 14.4. The zero-order valence-corrected chi connectivity index (χ0v) is 19.9. The summed E-state index contributed by atoms with van der Waals surface area (Å²) >= 11 is 0. The number of hydrogen-bond acceptors (Lipinski definition) is 2. The van der Waals surface area contributed by atoms with Gasteiger partial charge in [-0.3, -0.25) is 4.99 Å². The lowest BCUT2D eigenvalue weighted by Crippen LogP contribution is -2.39. The fourth-order valence-electron chi connectivity index (χ4n) is 5.32. The van der Waals surface area contributed by atoms with Crippen LogP contribution in [0.1, 0.15) is 142 Å². The molecule has 0 aromatic carbocycles. The smallest absolute Gasteiger partial charge is 0.102 e. The van der Waals surface area contributed by atoms with Crippen molar-refractivity contribution >= 4 is 5.84 Å². The number of unbranched alkanes of at least 4 members (excludes halogenated alkanes) is 15. The van der Waals surface area contributed by atoms with Gasteiger partial charge in [-0.2, -0.15) is 0 Å². The molecule has 2 nitrogen and oxygen atoms in total. The highest BCUT2D eigenvalue weighted by Crippen LogP contribution is 2.26. The number of aliphatic imine (C=N–C) groups is 1. The summed E-state index contributed by atoms with van der Waals surface area (Å²) in [5, 5.41) is 0. The minimum Gasteiger partial charge on any atom is -0.360 e. The van der Waals surface area contributed by atoms with Crippen molar-refractivity contribution in [1.82, 2.24) is 4.90 Å². The average Bonchev–Trinajstić information content (AvgIpc) is 2.96. The van der Waals surface area contributed by atoms with Crippen LogP contribution in [-0.2, 0) is 0 Å². The zero-order chi connectivity index (χ0) is 20.4. The molecule has 0 aliphatic carbocycles. The van der Waals surface area contributed by atoms with Crippen LogP contribution in [0.3, 0.4) is 0 Å². The first-order valence-corrected chi connectivity index (χ1v) is 13.7. The van der Waals surface area contributed by atoms with Crippen LogP contribution in [0.2, 0.25) is 0 Å². The number of fused-ring (bicyclic) bond motifs is 1. The maximum absolute atomic E-state index is 4.93. The number of hydrogen-bond donors (Lipinski definition) is 0. The number of amidine groups is 1. The molecule has 2 aliphatic heterocycles. The third-order valence-corrected chi connectivity index (χ3v) is 7.19. The molecule has 29 heavy (non-hydrogen) atoms. The van der Waals surface area contributed by atoms with Gasteiger partial charge in [0.15, 0.2) is 0 Å². The van der Waals surface area contributed by atoms with E-state index in [1.165, 1.54) is 154 Å². The van der Waals surface area contributed by atoms with Crippen LogP contribution in [0.15, 0.2) is 4.99 Å². The second-order valence-electron chi connectivity index (χ2n) is 9.87. The molecule has 2 rings (SSSR count). The Morgan fingerprint density at radius 2 is 1.17 bits per heavy atom. The van der Waals surface area contributed by atoms with Gasteiger partial charge in [0, 0.05) is 25.6 Å². The van der Waals surface area contributed by atoms with E-state index in [4.69, 9.17) is 4.99 Å². The van der Waals surface area contributed by atoms with Crippen LogP contribution in [-0.4, -0.2) is 30.4 Å². The summed E-state index contributed by atoms with van der Waals surface area (Å²) in [6, 6.07) is 0. The van der Waals surface area contributed by atoms with Crippen molar-refractivity contribution in [3.8, 4) is 0 Å². The van der Waals surface area contributed by atoms with Crippen molar-refractivity contribution in [2.75, 3.05) is 19.6 Å². The van der Waals surface area contributed by atoms with Gasteiger partial charge in [0.25, 0.3) is 0 Å². The molecule has 0 aromatic rings. The molecule has 0 N–H and O–H groups in total. The average molecular weight is 405 g/mol. The van der Waals surface area contributed by atoms with E-state index < -0.39 is 0 Å². The van der Waals surface area contributed by atoms with E-state index in [0.29, 0.717) is 0 Å². The quantitative estimate of drug-likeness (QED) is 0.222. The summed E-state index contributed by atoms with van der Waals surface area (Å²) in [5.41, 5.74) is 0. The van der Waals surface area contributed by atoms with E-state index >= 15 is 0 Å². The van der Waals surface area contributed by atoms with Gasteiger partial charge in [-0.1, -0.05) is 116 Å². The van der Waals surface area contributed by atoms with Crippen LogP contribution < -0.4 is 0 Å². The van der Waals surface area contributed by atoms with E-state index in [0.717, 1.165) is 12.5 Å². The van der Waals surface area contributed by atoms with Crippen molar-refractivity contribution in [3.05, 3.63) is 0 Å². The monoisotopic (exact) mass is 404 g/mol. The first-order valence-electron chi connectivity index (χ1n) is 13.7. The first kappa shape index (κ1) is 24.7. The molecule has 170 valence electrons. The molecule has 1 atom stereocenters. The Balaban J connectivity index is 1.35. The predicted molar refractivity (Wildman–Crippen MR) is 130 cm³/mol. The molecule has 0 radical (unpaired) electrons. The largest absolute Gasteiger partial charge is 0.360 e. The molecule has 1 unspecified atom stereocenters. The predicted octanol–water partition coefficient (Wildman–Crippen LogP) is 8.54. The standard InChI is InChI=1S/C27H52N2/c1-2-3-4-5-6-7-8-9-10-11-12-13-14-15-16-17-21-26-22-18-19-24-29-25-20-23-28-27(26)29/h26H,2-25H2,1H3. The Morgan fingerprint density at radius 3 is 1.76 bits per heavy atom. The van der Waals surface area contributed by atoms with Gasteiger partial charge in [0.05, 0.1) is 0 Å². The van der Waals surface area contributed by atoms with Crippen LogP contribution in [0, 0.1) is 5.92 Å². The molecule has 0 aromatic heterocycles. The van der Waals surface area contributed by atoms with E-state index in [9.17, 15) is 0 Å². The van der Waals surface area contributed by atoms with Gasteiger partial charge in [0.2, 0.25) is 0 Å². The van der Waals surface area contributed by atoms with Gasteiger partial charge in [0.1, 0.15) is 5.84 Å². The van der Waals surface area contributed by atoms with Crippen molar-refractivity contribution in [1.29, 1.82) is 0 Å². The highest BCUT2D eigenvalue weighted by Gasteiger charge is 2.25. The Hall–Kier alpha value is -0.530. The van der Waals surface area contributed by atoms with Gasteiger partial charge in [-0.15, -0.1) is 0 Å². The Kier molecular flexibility index (Phi) is 14.7. The lowest BCUT2D eigenvalue weighted by Gasteiger charge is -2.31. The Bertz CT molecular complexity index is 403. The van der Waals surface area contributed by atoms with Gasteiger partial charge >= 0.3 is 0 Å². The minimum absolute atomic E-state index is 0.782. The van der Waals surface area contributed by atoms with Gasteiger partial charge in [-0.05, 0) is 25.7 Å². The number of rotatable bonds is 17. The van der Waals surface area contributed by atoms with Crippen molar-refractivity contribution in [2.24, 2.45) is 10.9 Å². The summed E-state index contributed by atoms with van der Waals surface area (Å²) in [5.74, 6) is 2.28. The maximum atomic E-state index is 4.93. The SMILES string of the molecule is CCCCCCCCCCCCCCCCCCC1CCCCN2CCCN=C12. The fraction of sp³-hybridized carbons (Fsp3) is 0.963. The molecule has 0 amide bonds. The molecule has 2 aliphatic rings. The topological polar surface area (TPSA) is 15.6 Å². The van der Waals surface area contributed by atoms with Crippen molar-refractivity contribution < 1.29 is 0 Å². The molecule has 1 fully saturated rings. The highest BCUT2D eigenvalue weighted by atomic mass is 15.2. The van der Waals surface area contributed by atoms with Crippen LogP contribution in [0.4, 0.5) is 0 Å². The highest BCUT2D eigenvalue weighted by molar-refractivity contribution is 5.85. The summed E-state index contributed by atoms with van der Waals surface area (Å²) in [7, 11) is 0. The molecule has 2 heterocycles. The van der Waals surface area contributed by atoms with Crippen molar-refractivity contribution in [3.63, 3.8) is 0 Å². The molecule has 0 saturated carbocycles. The van der Waals surface area contributed by atoms with E-state index in [1.54, 1.807) is 0 Å². The second kappa shape index (κ2) is 17.2. The normalized spacial score (nSPS) is 19.7. The summed E-state index contributed by atoms with van der Waals surface area (Å²) < 4.78 is 0.